The SMILES string of the molecule is Fc1ccc(-c2[nH]ncc2CN(Cc2ccsc2)C2CC2)cc1. The van der Waals surface area contributed by atoms with Crippen molar-refractivity contribution < 1.29 is 4.39 Å². The van der Waals surface area contributed by atoms with E-state index in [9.17, 15) is 4.39 Å². The number of hydrogen-bond donors (Lipinski definition) is 1. The minimum atomic E-state index is -0.216. The van der Waals surface area contributed by atoms with Crippen LogP contribution in [0.2, 0.25) is 0 Å². The molecule has 3 aromatic rings. The largest absolute Gasteiger partial charge is 0.292 e. The number of rotatable bonds is 6. The number of H-pyrrole nitrogens is 1. The quantitative estimate of drug-likeness (QED) is 0.726. The number of thiophene rings is 1. The molecule has 0 saturated heterocycles. The molecule has 118 valence electrons. The van der Waals surface area contributed by atoms with Gasteiger partial charge in [-0.15, -0.1) is 0 Å². The van der Waals surface area contributed by atoms with Gasteiger partial charge in [0.15, 0.2) is 0 Å². The Morgan fingerprint density at radius 1 is 1.17 bits per heavy atom. The van der Waals surface area contributed by atoms with Crippen LogP contribution in [0.5, 0.6) is 0 Å². The van der Waals surface area contributed by atoms with E-state index in [-0.39, 0.29) is 5.82 Å². The Balaban J connectivity index is 1.55. The lowest BCUT2D eigenvalue weighted by Gasteiger charge is -2.21. The average Bonchev–Trinajstić information content (AvgIpc) is 3.09. The molecule has 23 heavy (non-hydrogen) atoms. The molecule has 0 atom stereocenters. The Bertz CT molecular complexity index is 760. The van der Waals surface area contributed by atoms with E-state index in [0.29, 0.717) is 6.04 Å². The van der Waals surface area contributed by atoms with Crippen LogP contribution in [0.1, 0.15) is 24.0 Å². The maximum atomic E-state index is 13.1. The number of halogens is 1. The molecule has 0 aliphatic heterocycles. The molecule has 1 aliphatic rings. The summed E-state index contributed by atoms with van der Waals surface area (Å²) in [6, 6.07) is 9.44. The molecule has 0 spiro atoms. The summed E-state index contributed by atoms with van der Waals surface area (Å²) in [7, 11) is 0. The molecule has 0 bridgehead atoms. The standard InChI is InChI=1S/C18H18FN3S/c19-16-3-1-14(2-4-16)18-15(9-20-21-18)11-22(17-5-6-17)10-13-7-8-23-12-13/h1-4,7-9,12,17H,5-6,10-11H2,(H,20,21). The monoisotopic (exact) mass is 327 g/mol. The van der Waals surface area contributed by atoms with Crippen molar-refractivity contribution in [3.63, 3.8) is 0 Å². The van der Waals surface area contributed by atoms with E-state index in [1.54, 1.807) is 23.5 Å². The molecule has 3 nitrogen and oxygen atoms in total. The Kier molecular flexibility index (Phi) is 3.97. The third-order valence-electron chi connectivity index (χ3n) is 4.25. The van der Waals surface area contributed by atoms with Gasteiger partial charge in [-0.1, -0.05) is 0 Å². The van der Waals surface area contributed by atoms with Crippen molar-refractivity contribution in [1.29, 1.82) is 0 Å². The first-order valence-corrected chi connectivity index (χ1v) is 8.77. The molecule has 1 fully saturated rings. The van der Waals surface area contributed by atoms with Gasteiger partial charge in [0.05, 0.1) is 11.9 Å². The number of nitrogens with one attached hydrogen (secondary N) is 1. The second-order valence-corrected chi connectivity index (χ2v) is 6.82. The average molecular weight is 327 g/mol. The third-order valence-corrected chi connectivity index (χ3v) is 4.99. The Morgan fingerprint density at radius 3 is 2.70 bits per heavy atom. The fourth-order valence-corrected chi connectivity index (χ4v) is 3.55. The molecule has 1 N–H and O–H groups in total. The first-order valence-electron chi connectivity index (χ1n) is 7.83. The van der Waals surface area contributed by atoms with E-state index in [0.717, 1.165) is 24.3 Å². The van der Waals surface area contributed by atoms with Crippen molar-refractivity contribution in [3.05, 3.63) is 64.2 Å². The number of aromatic amines is 1. The van der Waals surface area contributed by atoms with Crippen LogP contribution in [0.4, 0.5) is 4.39 Å². The van der Waals surface area contributed by atoms with Crippen LogP contribution in [0.3, 0.4) is 0 Å². The number of hydrogen-bond acceptors (Lipinski definition) is 3. The highest BCUT2D eigenvalue weighted by atomic mass is 32.1. The van der Waals surface area contributed by atoms with Crippen LogP contribution in [-0.4, -0.2) is 21.1 Å². The zero-order valence-corrected chi connectivity index (χ0v) is 13.5. The zero-order valence-electron chi connectivity index (χ0n) is 12.7. The van der Waals surface area contributed by atoms with Crippen molar-refractivity contribution in [2.45, 2.75) is 32.0 Å². The lowest BCUT2D eigenvalue weighted by atomic mass is 10.1. The summed E-state index contributed by atoms with van der Waals surface area (Å²) in [4.78, 5) is 2.51. The van der Waals surface area contributed by atoms with Crippen molar-refractivity contribution in [1.82, 2.24) is 15.1 Å². The second kappa shape index (κ2) is 6.26. The van der Waals surface area contributed by atoms with E-state index in [2.05, 4.69) is 31.9 Å². The van der Waals surface area contributed by atoms with Gasteiger partial charge >= 0.3 is 0 Å². The molecule has 2 heterocycles. The van der Waals surface area contributed by atoms with Gasteiger partial charge in [0.1, 0.15) is 5.82 Å². The predicted molar refractivity (Wildman–Crippen MR) is 90.6 cm³/mol. The van der Waals surface area contributed by atoms with Crippen molar-refractivity contribution in [2.75, 3.05) is 0 Å². The Morgan fingerprint density at radius 2 is 2.00 bits per heavy atom. The van der Waals surface area contributed by atoms with Crippen LogP contribution >= 0.6 is 11.3 Å². The molecule has 1 aromatic carbocycles. The normalized spacial score (nSPS) is 14.5. The predicted octanol–water partition coefficient (Wildman–Crippen LogP) is 4.44. The number of aromatic nitrogens is 2. The van der Waals surface area contributed by atoms with Crippen LogP contribution in [0.25, 0.3) is 11.3 Å². The van der Waals surface area contributed by atoms with Gasteiger partial charge < -0.3 is 0 Å². The molecule has 4 rings (SSSR count). The van der Waals surface area contributed by atoms with Gasteiger partial charge in [0.25, 0.3) is 0 Å². The summed E-state index contributed by atoms with van der Waals surface area (Å²) in [6.07, 6.45) is 4.43. The molecule has 2 aromatic heterocycles. The molecule has 1 aliphatic carbocycles. The maximum Gasteiger partial charge on any atom is 0.123 e. The van der Waals surface area contributed by atoms with Gasteiger partial charge in [-0.25, -0.2) is 4.39 Å². The summed E-state index contributed by atoms with van der Waals surface area (Å²) in [5.41, 5.74) is 4.50. The van der Waals surface area contributed by atoms with E-state index in [1.807, 2.05) is 6.20 Å². The minimum absolute atomic E-state index is 0.216. The summed E-state index contributed by atoms with van der Waals surface area (Å²) in [5.74, 6) is -0.216. The van der Waals surface area contributed by atoms with E-state index in [1.165, 1.54) is 36.1 Å². The van der Waals surface area contributed by atoms with Gasteiger partial charge in [-0.2, -0.15) is 16.4 Å². The first kappa shape index (κ1) is 14.6. The Hall–Kier alpha value is -1.98. The van der Waals surface area contributed by atoms with Gasteiger partial charge in [0, 0.05) is 30.3 Å². The summed E-state index contributed by atoms with van der Waals surface area (Å²) in [6.45, 7) is 1.84. The van der Waals surface area contributed by atoms with Crippen LogP contribution in [0, 0.1) is 5.82 Å². The highest BCUT2D eigenvalue weighted by Crippen LogP contribution is 2.32. The van der Waals surface area contributed by atoms with Crippen molar-refractivity contribution >= 4 is 11.3 Å². The lowest BCUT2D eigenvalue weighted by molar-refractivity contribution is 0.246. The summed E-state index contributed by atoms with van der Waals surface area (Å²) < 4.78 is 13.1. The minimum Gasteiger partial charge on any atom is -0.292 e. The molecular weight excluding hydrogens is 309 g/mol. The molecule has 0 amide bonds. The van der Waals surface area contributed by atoms with E-state index in [4.69, 9.17) is 0 Å². The fraction of sp³-hybridized carbons (Fsp3) is 0.278. The second-order valence-electron chi connectivity index (χ2n) is 6.04. The van der Waals surface area contributed by atoms with E-state index < -0.39 is 0 Å². The highest BCUT2D eigenvalue weighted by Gasteiger charge is 2.29. The van der Waals surface area contributed by atoms with E-state index >= 15 is 0 Å². The molecule has 5 heteroatoms. The van der Waals surface area contributed by atoms with Crippen LogP contribution < -0.4 is 0 Å². The molecule has 0 unspecified atom stereocenters. The molecule has 0 radical (unpaired) electrons. The zero-order chi connectivity index (χ0) is 15.6. The van der Waals surface area contributed by atoms with Crippen molar-refractivity contribution in [3.8, 4) is 11.3 Å². The summed E-state index contributed by atoms with van der Waals surface area (Å²) >= 11 is 1.74. The van der Waals surface area contributed by atoms with Crippen LogP contribution in [-0.2, 0) is 13.1 Å². The molecular formula is C18H18FN3S. The lowest BCUT2D eigenvalue weighted by Crippen LogP contribution is -2.24. The first-order chi connectivity index (χ1) is 11.3. The molecule has 1 saturated carbocycles. The fourth-order valence-electron chi connectivity index (χ4n) is 2.89. The van der Waals surface area contributed by atoms with Crippen LogP contribution in [0.15, 0.2) is 47.3 Å². The number of benzene rings is 1. The maximum absolute atomic E-state index is 13.1. The van der Waals surface area contributed by atoms with Crippen molar-refractivity contribution in [2.24, 2.45) is 0 Å². The Labute approximate surface area is 138 Å². The number of nitrogens with zero attached hydrogens (tertiary/aromatic N) is 2. The third kappa shape index (κ3) is 3.35. The summed E-state index contributed by atoms with van der Waals surface area (Å²) in [5, 5.41) is 11.6. The topological polar surface area (TPSA) is 31.9 Å². The van der Waals surface area contributed by atoms with Gasteiger partial charge in [-0.3, -0.25) is 10.00 Å². The highest BCUT2D eigenvalue weighted by molar-refractivity contribution is 7.07. The van der Waals surface area contributed by atoms with Gasteiger partial charge in [0.2, 0.25) is 0 Å². The van der Waals surface area contributed by atoms with Gasteiger partial charge in [-0.05, 0) is 59.5 Å². The smallest absolute Gasteiger partial charge is 0.123 e.